The number of methoxy groups -OCH3 is 1. The molecule has 2 aromatic rings. The normalized spacial score (nSPS) is 12.9. The molecule has 1 aromatic carbocycles. The maximum atomic E-state index is 12.4. The Balaban J connectivity index is 1.69. The van der Waals surface area contributed by atoms with Gasteiger partial charge in [0.15, 0.2) is 0 Å². The standard InChI is InChI=1S/C19H22N4O3S/c1-26-10-9-20-18(25)11-23-19(15-12-27-13-16(15)22-23)21-17(24)8-7-14-5-3-2-4-6-14/h2-8H,9-13H2,1H3,(H,20,25)(H,21,24)/b8-7-. The minimum Gasteiger partial charge on any atom is -0.383 e. The zero-order chi connectivity index (χ0) is 19.1. The van der Waals surface area contributed by atoms with Crippen molar-refractivity contribution >= 4 is 35.5 Å². The van der Waals surface area contributed by atoms with Gasteiger partial charge in [-0.15, -0.1) is 0 Å². The predicted molar refractivity (Wildman–Crippen MR) is 106 cm³/mol. The first-order valence-electron chi connectivity index (χ1n) is 8.63. The van der Waals surface area contributed by atoms with E-state index in [2.05, 4.69) is 15.7 Å². The van der Waals surface area contributed by atoms with Gasteiger partial charge in [0.05, 0.1) is 12.3 Å². The van der Waals surface area contributed by atoms with E-state index < -0.39 is 0 Å². The highest BCUT2D eigenvalue weighted by Crippen LogP contribution is 2.34. The van der Waals surface area contributed by atoms with Gasteiger partial charge in [0.2, 0.25) is 11.8 Å². The molecule has 0 aliphatic carbocycles. The van der Waals surface area contributed by atoms with Gasteiger partial charge in [0.25, 0.3) is 0 Å². The monoisotopic (exact) mass is 386 g/mol. The van der Waals surface area contributed by atoms with E-state index in [1.54, 1.807) is 29.6 Å². The van der Waals surface area contributed by atoms with Crippen molar-refractivity contribution in [3.8, 4) is 0 Å². The van der Waals surface area contributed by atoms with Gasteiger partial charge < -0.3 is 15.4 Å². The zero-order valence-electron chi connectivity index (χ0n) is 15.1. The van der Waals surface area contributed by atoms with Crippen LogP contribution in [0.5, 0.6) is 0 Å². The van der Waals surface area contributed by atoms with Crippen molar-refractivity contribution in [1.82, 2.24) is 15.1 Å². The van der Waals surface area contributed by atoms with Crippen molar-refractivity contribution in [1.29, 1.82) is 0 Å². The van der Waals surface area contributed by atoms with Crippen LogP contribution in [0.4, 0.5) is 5.82 Å². The van der Waals surface area contributed by atoms with Gasteiger partial charge in [0.1, 0.15) is 12.4 Å². The highest BCUT2D eigenvalue weighted by atomic mass is 32.2. The second-order valence-electron chi connectivity index (χ2n) is 6.00. The van der Waals surface area contributed by atoms with Gasteiger partial charge in [-0.05, 0) is 11.6 Å². The third kappa shape index (κ3) is 5.21. The lowest BCUT2D eigenvalue weighted by Crippen LogP contribution is -2.31. The molecule has 1 aromatic heterocycles. The van der Waals surface area contributed by atoms with Crippen molar-refractivity contribution in [2.45, 2.75) is 18.1 Å². The largest absolute Gasteiger partial charge is 0.383 e. The molecular formula is C19H22N4O3S. The maximum absolute atomic E-state index is 12.4. The minimum absolute atomic E-state index is 0.0550. The van der Waals surface area contributed by atoms with Crippen LogP contribution in [0.15, 0.2) is 36.4 Å². The number of hydrogen-bond donors (Lipinski definition) is 2. The summed E-state index contributed by atoms with van der Waals surface area (Å²) in [4.78, 5) is 24.5. The molecule has 3 rings (SSSR count). The Kier molecular flexibility index (Phi) is 6.67. The summed E-state index contributed by atoms with van der Waals surface area (Å²) in [5.41, 5.74) is 2.86. The summed E-state index contributed by atoms with van der Waals surface area (Å²) < 4.78 is 6.50. The molecule has 0 saturated carbocycles. The van der Waals surface area contributed by atoms with Crippen LogP contribution >= 0.6 is 11.8 Å². The van der Waals surface area contributed by atoms with E-state index in [9.17, 15) is 9.59 Å². The van der Waals surface area contributed by atoms with Gasteiger partial charge in [-0.3, -0.25) is 9.59 Å². The number of fused-ring (bicyclic) bond motifs is 1. The Hall–Kier alpha value is -2.58. The number of rotatable bonds is 8. The first kappa shape index (κ1) is 19.2. The number of carbonyl (C=O) groups is 2. The van der Waals surface area contributed by atoms with Crippen molar-refractivity contribution in [3.63, 3.8) is 0 Å². The summed E-state index contributed by atoms with van der Waals surface area (Å²) in [6.07, 6.45) is 3.24. The van der Waals surface area contributed by atoms with Crippen LogP contribution in [0.1, 0.15) is 16.8 Å². The molecule has 8 heteroatoms. The quantitative estimate of drug-likeness (QED) is 0.536. The fourth-order valence-corrected chi connectivity index (χ4v) is 3.73. The molecule has 1 aliphatic rings. The van der Waals surface area contributed by atoms with Crippen molar-refractivity contribution in [2.24, 2.45) is 0 Å². The first-order chi connectivity index (χ1) is 13.2. The Morgan fingerprint density at radius 3 is 2.89 bits per heavy atom. The number of amides is 2. The molecule has 0 unspecified atom stereocenters. The van der Waals surface area contributed by atoms with E-state index in [1.165, 1.54) is 6.08 Å². The number of nitrogens with one attached hydrogen (secondary N) is 2. The van der Waals surface area contributed by atoms with E-state index in [0.717, 1.165) is 28.3 Å². The first-order valence-corrected chi connectivity index (χ1v) is 9.79. The third-order valence-electron chi connectivity index (χ3n) is 4.01. The number of ether oxygens (including phenoxy) is 1. The van der Waals surface area contributed by atoms with Crippen LogP contribution in [0.3, 0.4) is 0 Å². The molecular weight excluding hydrogens is 364 g/mol. The lowest BCUT2D eigenvalue weighted by molar-refractivity contribution is -0.122. The van der Waals surface area contributed by atoms with Gasteiger partial charge >= 0.3 is 0 Å². The Bertz CT molecular complexity index is 833. The fraction of sp³-hybridized carbons (Fsp3) is 0.316. The topological polar surface area (TPSA) is 85.2 Å². The second-order valence-corrected chi connectivity index (χ2v) is 6.99. The molecule has 0 fully saturated rings. The van der Waals surface area contributed by atoms with Crippen LogP contribution in [-0.4, -0.2) is 41.9 Å². The lowest BCUT2D eigenvalue weighted by atomic mass is 10.2. The summed E-state index contributed by atoms with van der Waals surface area (Å²) in [5, 5.41) is 10.2. The Morgan fingerprint density at radius 2 is 2.11 bits per heavy atom. The summed E-state index contributed by atoms with van der Waals surface area (Å²) in [7, 11) is 1.58. The number of carbonyl (C=O) groups excluding carboxylic acids is 2. The number of hydrogen-bond acceptors (Lipinski definition) is 5. The summed E-state index contributed by atoms with van der Waals surface area (Å²) in [6.45, 7) is 0.943. The molecule has 27 heavy (non-hydrogen) atoms. The molecule has 0 radical (unpaired) electrons. The molecule has 0 saturated heterocycles. The predicted octanol–water partition coefficient (Wildman–Crippen LogP) is 2.04. The van der Waals surface area contributed by atoms with Crippen molar-refractivity contribution in [2.75, 3.05) is 25.6 Å². The minimum atomic E-state index is -0.250. The smallest absolute Gasteiger partial charge is 0.249 e. The Labute approximate surface area is 162 Å². The van der Waals surface area contributed by atoms with Crippen LogP contribution in [0.25, 0.3) is 6.08 Å². The molecule has 142 valence electrons. The number of aromatic nitrogens is 2. The fourth-order valence-electron chi connectivity index (χ4n) is 2.70. The summed E-state index contributed by atoms with van der Waals surface area (Å²) >= 11 is 1.74. The molecule has 7 nitrogen and oxygen atoms in total. The SMILES string of the molecule is COCCNC(=O)Cn1nc2c(c1NC(=O)/C=C\c1ccccc1)CSC2. The van der Waals surface area contributed by atoms with Gasteiger partial charge in [0, 0.05) is 36.8 Å². The number of thioether (sulfide) groups is 1. The number of anilines is 1. The number of nitrogens with zero attached hydrogens (tertiary/aromatic N) is 2. The van der Waals surface area contributed by atoms with Crippen molar-refractivity contribution in [3.05, 3.63) is 53.2 Å². The maximum Gasteiger partial charge on any atom is 0.249 e. The molecule has 1 aliphatic heterocycles. The van der Waals surface area contributed by atoms with Gasteiger partial charge in [-0.25, -0.2) is 4.68 Å². The molecule has 0 spiro atoms. The van der Waals surface area contributed by atoms with Crippen LogP contribution < -0.4 is 10.6 Å². The highest BCUT2D eigenvalue weighted by molar-refractivity contribution is 7.98. The molecule has 2 amide bonds. The van der Waals surface area contributed by atoms with E-state index in [0.29, 0.717) is 19.0 Å². The van der Waals surface area contributed by atoms with E-state index in [1.807, 2.05) is 30.3 Å². The van der Waals surface area contributed by atoms with Crippen LogP contribution in [0.2, 0.25) is 0 Å². The second kappa shape index (κ2) is 9.38. The molecule has 0 atom stereocenters. The van der Waals surface area contributed by atoms with Crippen molar-refractivity contribution < 1.29 is 14.3 Å². The third-order valence-corrected chi connectivity index (χ3v) is 4.98. The molecule has 2 N–H and O–H groups in total. The van der Waals surface area contributed by atoms with E-state index in [-0.39, 0.29) is 18.4 Å². The molecule has 2 heterocycles. The number of benzene rings is 1. The van der Waals surface area contributed by atoms with Gasteiger partial charge in [-0.2, -0.15) is 16.9 Å². The van der Waals surface area contributed by atoms with Crippen LogP contribution in [0, 0.1) is 0 Å². The van der Waals surface area contributed by atoms with Crippen LogP contribution in [-0.2, 0) is 32.4 Å². The average Bonchev–Trinajstić information content (AvgIpc) is 3.24. The highest BCUT2D eigenvalue weighted by Gasteiger charge is 2.24. The zero-order valence-corrected chi connectivity index (χ0v) is 15.9. The average molecular weight is 386 g/mol. The van der Waals surface area contributed by atoms with E-state index in [4.69, 9.17) is 4.74 Å². The van der Waals surface area contributed by atoms with E-state index >= 15 is 0 Å². The van der Waals surface area contributed by atoms with Gasteiger partial charge in [-0.1, -0.05) is 30.3 Å². The summed E-state index contributed by atoms with van der Waals surface area (Å²) in [5.74, 6) is 1.74. The lowest BCUT2D eigenvalue weighted by Gasteiger charge is -2.10. The molecule has 0 bridgehead atoms. The summed E-state index contributed by atoms with van der Waals surface area (Å²) in [6, 6.07) is 9.60. The Morgan fingerprint density at radius 1 is 1.30 bits per heavy atom.